The summed E-state index contributed by atoms with van der Waals surface area (Å²) in [5.41, 5.74) is 5.04. The van der Waals surface area contributed by atoms with Crippen LogP contribution in [-0.2, 0) is 0 Å². The molecule has 0 saturated carbocycles. The molecule has 0 aliphatic rings. The zero-order valence-electron chi connectivity index (χ0n) is 11.9. The largest absolute Gasteiger partial charge is 0.103 e. The second-order valence-corrected chi connectivity index (χ2v) is 4.81. The van der Waals surface area contributed by atoms with Crippen LogP contribution in [0.15, 0.2) is 84.5 Å². The minimum atomic E-state index is 0.879. The lowest BCUT2D eigenvalue weighted by molar-refractivity contribution is 1.24. The van der Waals surface area contributed by atoms with Gasteiger partial charge in [-0.05, 0) is 35.6 Å². The van der Waals surface area contributed by atoms with Gasteiger partial charge < -0.3 is 0 Å². The fourth-order valence-corrected chi connectivity index (χ4v) is 2.13. The first-order valence-corrected chi connectivity index (χ1v) is 6.90. The maximum atomic E-state index is 3.86. The van der Waals surface area contributed by atoms with E-state index in [2.05, 4.69) is 74.2 Å². The lowest BCUT2D eigenvalue weighted by Gasteiger charge is -2.07. The summed E-state index contributed by atoms with van der Waals surface area (Å²) in [5, 5.41) is 0. The van der Waals surface area contributed by atoms with E-state index < -0.39 is 0 Å². The molecule has 0 saturated heterocycles. The molecule has 0 unspecified atom stereocenters. The van der Waals surface area contributed by atoms with E-state index in [4.69, 9.17) is 0 Å². The van der Waals surface area contributed by atoms with Gasteiger partial charge in [0.25, 0.3) is 0 Å². The molecule has 0 aromatic heterocycles. The van der Waals surface area contributed by atoms with Crippen LogP contribution in [0.5, 0.6) is 0 Å². The van der Waals surface area contributed by atoms with E-state index in [1.807, 2.05) is 18.2 Å². The highest BCUT2D eigenvalue weighted by Gasteiger charge is 1.99. The zero-order valence-corrected chi connectivity index (χ0v) is 11.9. The molecule has 0 spiro atoms. The van der Waals surface area contributed by atoms with Crippen molar-refractivity contribution in [2.24, 2.45) is 0 Å². The van der Waals surface area contributed by atoms with Crippen LogP contribution in [0.3, 0.4) is 0 Å². The van der Waals surface area contributed by atoms with E-state index in [9.17, 15) is 0 Å². The predicted octanol–water partition coefficient (Wildman–Crippen LogP) is 5.75. The van der Waals surface area contributed by atoms with Crippen LogP contribution >= 0.6 is 0 Å². The van der Waals surface area contributed by atoms with Gasteiger partial charge in [0.15, 0.2) is 0 Å². The summed E-state index contributed by atoms with van der Waals surface area (Å²) < 4.78 is 0. The topological polar surface area (TPSA) is 0 Å². The molecule has 0 heterocycles. The Kier molecular flexibility index (Phi) is 5.14. The maximum Gasteiger partial charge on any atom is -0.00973 e. The predicted molar refractivity (Wildman–Crippen MR) is 89.3 cm³/mol. The van der Waals surface area contributed by atoms with Crippen molar-refractivity contribution in [1.82, 2.24) is 0 Å². The molecule has 0 bridgehead atoms. The second kappa shape index (κ2) is 7.30. The smallest absolute Gasteiger partial charge is 0.00973 e. The van der Waals surface area contributed by atoms with Crippen LogP contribution in [-0.4, -0.2) is 0 Å². The summed E-state index contributed by atoms with van der Waals surface area (Å²) in [6.07, 6.45) is 7.29. The van der Waals surface area contributed by atoms with Gasteiger partial charge in [-0.15, -0.1) is 6.58 Å². The maximum absolute atomic E-state index is 3.86. The van der Waals surface area contributed by atoms with Crippen LogP contribution in [0, 0.1) is 0 Å². The van der Waals surface area contributed by atoms with E-state index in [0.717, 1.165) is 6.42 Å². The number of allylic oxidation sites excluding steroid dienone is 3. The summed E-state index contributed by atoms with van der Waals surface area (Å²) in [7, 11) is 0. The van der Waals surface area contributed by atoms with Crippen molar-refractivity contribution < 1.29 is 0 Å². The van der Waals surface area contributed by atoms with Crippen molar-refractivity contribution >= 4 is 12.2 Å². The van der Waals surface area contributed by atoms with E-state index in [1.165, 1.54) is 22.3 Å². The van der Waals surface area contributed by atoms with Crippen LogP contribution in [0.25, 0.3) is 12.2 Å². The molecule has 0 atom stereocenters. The molecule has 20 heavy (non-hydrogen) atoms. The van der Waals surface area contributed by atoms with Gasteiger partial charge in [-0.25, -0.2) is 0 Å². The molecule has 0 fully saturated rings. The molecule has 2 aromatic carbocycles. The molecule has 2 rings (SSSR count). The Labute approximate surface area is 121 Å². The van der Waals surface area contributed by atoms with Crippen molar-refractivity contribution in [2.45, 2.75) is 13.3 Å². The SMILES string of the molecule is C=CCC(=C\c1ccccc1)/C(C)=C/c1ccccc1. The van der Waals surface area contributed by atoms with E-state index in [1.54, 1.807) is 0 Å². The van der Waals surface area contributed by atoms with E-state index in [-0.39, 0.29) is 0 Å². The van der Waals surface area contributed by atoms with Gasteiger partial charge >= 0.3 is 0 Å². The summed E-state index contributed by atoms with van der Waals surface area (Å²) in [5.74, 6) is 0. The van der Waals surface area contributed by atoms with Gasteiger partial charge in [0.1, 0.15) is 0 Å². The van der Waals surface area contributed by atoms with Gasteiger partial charge in [0.2, 0.25) is 0 Å². The molecule has 0 N–H and O–H groups in total. The Bertz CT molecular complexity index is 601. The highest BCUT2D eigenvalue weighted by atomic mass is 14.0. The lowest BCUT2D eigenvalue weighted by Crippen LogP contribution is -1.86. The van der Waals surface area contributed by atoms with Gasteiger partial charge in [0, 0.05) is 0 Å². The molecule has 0 amide bonds. The van der Waals surface area contributed by atoms with Crippen LogP contribution < -0.4 is 0 Å². The third-order valence-corrected chi connectivity index (χ3v) is 3.19. The first-order chi connectivity index (χ1) is 9.79. The van der Waals surface area contributed by atoms with E-state index >= 15 is 0 Å². The Morgan fingerprint density at radius 1 is 0.850 bits per heavy atom. The first-order valence-electron chi connectivity index (χ1n) is 6.90. The molecular formula is C20H20. The minimum absolute atomic E-state index is 0.879. The number of hydrogen-bond donors (Lipinski definition) is 0. The molecule has 0 aliphatic carbocycles. The minimum Gasteiger partial charge on any atom is -0.103 e. The Hall–Kier alpha value is -2.34. The monoisotopic (exact) mass is 260 g/mol. The standard InChI is InChI=1S/C20H20/c1-3-10-20(16-19-13-8-5-9-14-19)17(2)15-18-11-6-4-7-12-18/h3-9,11-16H,1,10H2,2H3/b17-15+,20-16+. The molecule has 0 nitrogen and oxygen atoms in total. The van der Waals surface area contributed by atoms with Crippen LogP contribution in [0.1, 0.15) is 24.5 Å². The molecule has 0 radical (unpaired) electrons. The normalized spacial score (nSPS) is 12.2. The van der Waals surface area contributed by atoms with Gasteiger partial charge in [0.05, 0.1) is 0 Å². The fraction of sp³-hybridized carbons (Fsp3) is 0.100. The van der Waals surface area contributed by atoms with Crippen molar-refractivity contribution in [3.05, 3.63) is 95.6 Å². The van der Waals surface area contributed by atoms with Crippen LogP contribution in [0.2, 0.25) is 0 Å². The van der Waals surface area contributed by atoms with Crippen molar-refractivity contribution in [2.75, 3.05) is 0 Å². The summed E-state index contributed by atoms with van der Waals surface area (Å²) in [6, 6.07) is 20.8. The number of hydrogen-bond acceptors (Lipinski definition) is 0. The van der Waals surface area contributed by atoms with Crippen molar-refractivity contribution in [3.8, 4) is 0 Å². The quantitative estimate of drug-likeness (QED) is 0.474. The summed E-state index contributed by atoms with van der Waals surface area (Å²) in [4.78, 5) is 0. The van der Waals surface area contributed by atoms with E-state index in [0.29, 0.717) is 0 Å². The highest BCUT2D eigenvalue weighted by Crippen LogP contribution is 2.20. The Morgan fingerprint density at radius 3 is 1.85 bits per heavy atom. The molecule has 0 heteroatoms. The number of rotatable bonds is 5. The molecule has 0 aliphatic heterocycles. The molecule has 2 aromatic rings. The summed E-state index contributed by atoms with van der Waals surface area (Å²) >= 11 is 0. The van der Waals surface area contributed by atoms with Gasteiger partial charge in [-0.1, -0.05) is 78.9 Å². The average Bonchev–Trinajstić information content (AvgIpc) is 2.49. The first kappa shape index (κ1) is 14.1. The summed E-state index contributed by atoms with van der Waals surface area (Å²) in [6.45, 7) is 6.02. The van der Waals surface area contributed by atoms with Crippen molar-refractivity contribution in [3.63, 3.8) is 0 Å². The molecule has 100 valence electrons. The third kappa shape index (κ3) is 4.10. The fourth-order valence-electron chi connectivity index (χ4n) is 2.13. The Balaban J connectivity index is 2.31. The third-order valence-electron chi connectivity index (χ3n) is 3.19. The van der Waals surface area contributed by atoms with Gasteiger partial charge in [-0.2, -0.15) is 0 Å². The van der Waals surface area contributed by atoms with Gasteiger partial charge in [-0.3, -0.25) is 0 Å². The highest BCUT2D eigenvalue weighted by molar-refractivity contribution is 5.65. The zero-order chi connectivity index (χ0) is 14.2. The van der Waals surface area contributed by atoms with Crippen LogP contribution in [0.4, 0.5) is 0 Å². The number of benzene rings is 2. The molecular weight excluding hydrogens is 240 g/mol. The average molecular weight is 260 g/mol. The Morgan fingerprint density at radius 2 is 1.35 bits per heavy atom. The second-order valence-electron chi connectivity index (χ2n) is 4.81. The van der Waals surface area contributed by atoms with Crippen molar-refractivity contribution in [1.29, 1.82) is 0 Å². The lowest BCUT2D eigenvalue weighted by atomic mass is 9.99.